The highest BCUT2D eigenvalue weighted by Gasteiger charge is 2.13. The van der Waals surface area contributed by atoms with Crippen molar-refractivity contribution in [3.63, 3.8) is 0 Å². The summed E-state index contributed by atoms with van der Waals surface area (Å²) in [5.41, 5.74) is 1.84. The molecule has 0 spiro atoms. The van der Waals surface area contributed by atoms with E-state index in [9.17, 15) is 0 Å². The van der Waals surface area contributed by atoms with Gasteiger partial charge in [0.25, 0.3) is 0 Å². The maximum Gasteiger partial charge on any atom is 0.138 e. The maximum atomic E-state index is 6.00. The lowest BCUT2D eigenvalue weighted by atomic mass is 10.3. The van der Waals surface area contributed by atoms with Crippen LogP contribution in [0.4, 0.5) is 5.82 Å². The molecule has 0 aliphatic rings. The van der Waals surface area contributed by atoms with Crippen LogP contribution in [-0.4, -0.2) is 26.8 Å². The molecular weight excluding hydrogens is 273 g/mol. The van der Waals surface area contributed by atoms with Crippen LogP contribution in [0.25, 0.3) is 0 Å². The summed E-state index contributed by atoms with van der Waals surface area (Å²) in [6.07, 6.45) is 5.22. The molecular formula is C11H13Cl2N5. The van der Waals surface area contributed by atoms with Crippen molar-refractivity contribution < 1.29 is 0 Å². The predicted octanol–water partition coefficient (Wildman–Crippen LogP) is 2.24. The number of hydrogen-bond donors (Lipinski definition) is 0. The van der Waals surface area contributed by atoms with Gasteiger partial charge in [0.1, 0.15) is 17.3 Å². The van der Waals surface area contributed by atoms with Crippen LogP contribution in [0.3, 0.4) is 0 Å². The molecule has 0 saturated heterocycles. The average molecular weight is 286 g/mol. The van der Waals surface area contributed by atoms with Crippen LogP contribution >= 0.6 is 23.2 Å². The topological polar surface area (TPSA) is 46.8 Å². The molecule has 0 aliphatic carbocycles. The second kappa shape index (κ2) is 5.54. The predicted molar refractivity (Wildman–Crippen MR) is 71.9 cm³/mol. The zero-order valence-corrected chi connectivity index (χ0v) is 11.7. The molecule has 0 bridgehead atoms. The van der Waals surface area contributed by atoms with E-state index in [4.69, 9.17) is 23.2 Å². The lowest BCUT2D eigenvalue weighted by Gasteiger charge is -2.19. The van der Waals surface area contributed by atoms with Crippen molar-refractivity contribution in [1.29, 1.82) is 0 Å². The van der Waals surface area contributed by atoms with Crippen LogP contribution in [0.5, 0.6) is 0 Å². The number of nitrogens with zero attached hydrogens (tertiary/aromatic N) is 5. The van der Waals surface area contributed by atoms with E-state index in [1.165, 1.54) is 6.33 Å². The normalized spacial score (nSPS) is 10.7. The molecule has 5 nitrogen and oxygen atoms in total. The molecule has 2 aromatic heterocycles. The third kappa shape index (κ3) is 2.73. The highest BCUT2D eigenvalue weighted by molar-refractivity contribution is 6.31. The molecule has 0 amide bonds. The number of halogens is 2. The smallest absolute Gasteiger partial charge is 0.138 e. The largest absolute Gasteiger partial charge is 0.355 e. The Hall–Kier alpha value is -1.33. The van der Waals surface area contributed by atoms with Gasteiger partial charge in [0.15, 0.2) is 0 Å². The van der Waals surface area contributed by atoms with Crippen LogP contribution in [0, 0.1) is 0 Å². The highest BCUT2D eigenvalue weighted by Crippen LogP contribution is 2.25. The first kappa shape index (κ1) is 13.1. The highest BCUT2D eigenvalue weighted by atomic mass is 35.5. The molecule has 0 fully saturated rings. The Labute approximate surface area is 115 Å². The van der Waals surface area contributed by atoms with Gasteiger partial charge in [-0.25, -0.2) is 9.97 Å². The molecule has 0 saturated carbocycles. The maximum absolute atomic E-state index is 6.00. The van der Waals surface area contributed by atoms with E-state index < -0.39 is 0 Å². The minimum atomic E-state index is 0.284. The monoisotopic (exact) mass is 285 g/mol. The second-order valence-corrected chi connectivity index (χ2v) is 4.60. The number of aromatic nitrogens is 4. The van der Waals surface area contributed by atoms with E-state index in [1.54, 1.807) is 4.68 Å². The Morgan fingerprint density at radius 3 is 2.78 bits per heavy atom. The second-order valence-electron chi connectivity index (χ2n) is 3.98. The summed E-state index contributed by atoms with van der Waals surface area (Å²) < 4.78 is 1.76. The zero-order valence-electron chi connectivity index (χ0n) is 10.1. The van der Waals surface area contributed by atoms with Gasteiger partial charge in [0.05, 0.1) is 12.1 Å². The van der Waals surface area contributed by atoms with Crippen molar-refractivity contribution in [1.82, 2.24) is 19.7 Å². The Kier molecular flexibility index (Phi) is 4.04. The first-order valence-electron chi connectivity index (χ1n) is 5.35. The van der Waals surface area contributed by atoms with Crippen LogP contribution in [0.2, 0.25) is 5.15 Å². The standard InChI is InChI=1S/C11H13Cl2N5/c1-17(5-8-4-16-18(2)6-8)11-9(3-12)10(13)14-7-15-11/h4,6-7H,3,5H2,1-2H3. The van der Waals surface area contributed by atoms with E-state index in [1.807, 2.05) is 31.4 Å². The number of hydrogen-bond acceptors (Lipinski definition) is 4. The fourth-order valence-electron chi connectivity index (χ4n) is 1.73. The van der Waals surface area contributed by atoms with Gasteiger partial charge in [-0.2, -0.15) is 5.10 Å². The molecule has 0 radical (unpaired) electrons. The average Bonchev–Trinajstić information content (AvgIpc) is 2.74. The van der Waals surface area contributed by atoms with Crippen LogP contribution < -0.4 is 4.90 Å². The van der Waals surface area contributed by atoms with Crippen molar-refractivity contribution in [2.45, 2.75) is 12.4 Å². The third-order valence-electron chi connectivity index (χ3n) is 2.54. The Morgan fingerprint density at radius 1 is 1.39 bits per heavy atom. The van der Waals surface area contributed by atoms with Crippen molar-refractivity contribution >= 4 is 29.0 Å². The summed E-state index contributed by atoms with van der Waals surface area (Å²) in [5.74, 6) is 1.03. The van der Waals surface area contributed by atoms with Crippen LogP contribution in [-0.2, 0) is 19.5 Å². The Bertz CT molecular complexity index is 540. The van der Waals surface area contributed by atoms with Gasteiger partial charge >= 0.3 is 0 Å². The Balaban J connectivity index is 2.23. The van der Waals surface area contributed by atoms with Crippen LogP contribution in [0.15, 0.2) is 18.7 Å². The van der Waals surface area contributed by atoms with E-state index in [0.717, 1.165) is 16.9 Å². The summed E-state index contributed by atoms with van der Waals surface area (Å²) >= 11 is 11.9. The molecule has 2 rings (SSSR count). The molecule has 2 heterocycles. The number of alkyl halides is 1. The summed E-state index contributed by atoms with van der Waals surface area (Å²) in [6.45, 7) is 0.686. The van der Waals surface area contributed by atoms with Crippen molar-refractivity contribution in [3.8, 4) is 0 Å². The first-order valence-corrected chi connectivity index (χ1v) is 6.27. The molecule has 0 aromatic carbocycles. The fourth-order valence-corrected chi connectivity index (χ4v) is 2.24. The Morgan fingerprint density at radius 2 is 2.17 bits per heavy atom. The van der Waals surface area contributed by atoms with Crippen LogP contribution in [0.1, 0.15) is 11.1 Å². The molecule has 0 N–H and O–H groups in total. The van der Waals surface area contributed by atoms with Gasteiger partial charge in [-0.05, 0) is 0 Å². The molecule has 7 heteroatoms. The minimum Gasteiger partial charge on any atom is -0.355 e. The van der Waals surface area contributed by atoms with Gasteiger partial charge in [-0.15, -0.1) is 11.6 Å². The summed E-state index contributed by atoms with van der Waals surface area (Å²) in [5, 5.41) is 4.52. The number of aryl methyl sites for hydroxylation is 1. The molecule has 0 aliphatic heterocycles. The van der Waals surface area contributed by atoms with E-state index in [0.29, 0.717) is 11.7 Å². The van der Waals surface area contributed by atoms with Gasteiger partial charge < -0.3 is 4.90 Å². The molecule has 18 heavy (non-hydrogen) atoms. The van der Waals surface area contributed by atoms with Crippen molar-refractivity contribution in [3.05, 3.63) is 35.0 Å². The number of anilines is 1. The van der Waals surface area contributed by atoms with Gasteiger partial charge in [0.2, 0.25) is 0 Å². The van der Waals surface area contributed by atoms with Gasteiger partial charge in [0, 0.05) is 38.0 Å². The van der Waals surface area contributed by atoms with E-state index in [2.05, 4.69) is 15.1 Å². The summed E-state index contributed by atoms with van der Waals surface area (Å²) in [7, 11) is 3.82. The SMILES string of the molecule is CN(Cc1cnn(C)c1)c1ncnc(Cl)c1CCl. The van der Waals surface area contributed by atoms with Gasteiger partial charge in [-0.1, -0.05) is 11.6 Å². The first-order chi connectivity index (χ1) is 8.61. The zero-order chi connectivity index (χ0) is 13.1. The summed E-state index contributed by atoms with van der Waals surface area (Å²) in [6, 6.07) is 0. The van der Waals surface area contributed by atoms with E-state index >= 15 is 0 Å². The molecule has 0 unspecified atom stereocenters. The molecule has 0 atom stereocenters. The quantitative estimate of drug-likeness (QED) is 0.639. The minimum absolute atomic E-state index is 0.284. The fraction of sp³-hybridized carbons (Fsp3) is 0.364. The lowest BCUT2D eigenvalue weighted by Crippen LogP contribution is -2.19. The van der Waals surface area contributed by atoms with Crippen molar-refractivity contribution in [2.24, 2.45) is 7.05 Å². The van der Waals surface area contributed by atoms with Gasteiger partial charge in [-0.3, -0.25) is 4.68 Å². The molecule has 96 valence electrons. The van der Waals surface area contributed by atoms with E-state index in [-0.39, 0.29) is 5.88 Å². The number of rotatable bonds is 4. The molecule has 2 aromatic rings. The third-order valence-corrected chi connectivity index (χ3v) is 3.14. The summed E-state index contributed by atoms with van der Waals surface area (Å²) in [4.78, 5) is 10.1. The lowest BCUT2D eigenvalue weighted by molar-refractivity contribution is 0.766. The van der Waals surface area contributed by atoms with Crippen molar-refractivity contribution in [2.75, 3.05) is 11.9 Å².